The van der Waals surface area contributed by atoms with Gasteiger partial charge in [0.15, 0.2) is 0 Å². The molecule has 0 saturated carbocycles. The molecule has 3 rings (SSSR count). The minimum Gasteiger partial charge on any atom is -0.495 e. The minimum absolute atomic E-state index is 0.0474. The monoisotopic (exact) mass is 537 g/mol. The van der Waals surface area contributed by atoms with Gasteiger partial charge in [0.1, 0.15) is 5.75 Å². The highest BCUT2D eigenvalue weighted by Gasteiger charge is 2.24. The zero-order valence-corrected chi connectivity index (χ0v) is 16.9. The van der Waals surface area contributed by atoms with Gasteiger partial charge < -0.3 is 9.64 Å². The van der Waals surface area contributed by atoms with E-state index in [0.717, 1.165) is 30.9 Å². The summed E-state index contributed by atoms with van der Waals surface area (Å²) in [5.41, 5.74) is 1.71. The molecule has 0 spiro atoms. The van der Waals surface area contributed by atoms with Crippen molar-refractivity contribution in [3.8, 4) is 5.75 Å². The van der Waals surface area contributed by atoms with Gasteiger partial charge in [0, 0.05) is 22.8 Å². The lowest BCUT2D eigenvalue weighted by Gasteiger charge is -2.29. The molecule has 0 aliphatic carbocycles. The van der Waals surface area contributed by atoms with E-state index in [1.807, 2.05) is 35.2 Å². The molecule has 0 bridgehead atoms. The van der Waals surface area contributed by atoms with Crippen molar-refractivity contribution in [2.45, 2.75) is 4.90 Å². The number of hydrogen-bond donors (Lipinski definition) is 0. The molecule has 0 fully saturated rings. The maximum absolute atomic E-state index is 12.9. The molecule has 22 heavy (non-hydrogen) atoms. The van der Waals surface area contributed by atoms with E-state index in [2.05, 4.69) is 51.2 Å². The number of methoxy groups -OCH3 is 1. The SMILES string of the molecule is COc1c(I)cc(C(=O)N2CCSc3ccccc32)cc1I. The summed E-state index contributed by atoms with van der Waals surface area (Å²) in [5, 5.41) is 0. The lowest BCUT2D eigenvalue weighted by molar-refractivity contribution is 0.0987. The predicted molar refractivity (Wildman–Crippen MR) is 107 cm³/mol. The summed E-state index contributed by atoms with van der Waals surface area (Å²) in [5.74, 6) is 1.80. The third-order valence-electron chi connectivity index (χ3n) is 3.42. The molecular weight excluding hydrogens is 524 g/mol. The lowest BCUT2D eigenvalue weighted by atomic mass is 10.1. The van der Waals surface area contributed by atoms with Gasteiger partial charge in [-0.05, 0) is 69.4 Å². The van der Waals surface area contributed by atoms with Crippen LogP contribution in [0.15, 0.2) is 41.3 Å². The quantitative estimate of drug-likeness (QED) is 0.523. The Labute approximate surface area is 161 Å². The molecule has 0 aromatic heterocycles. The number of benzene rings is 2. The normalized spacial score (nSPS) is 13.7. The second kappa shape index (κ2) is 6.96. The average molecular weight is 537 g/mol. The van der Waals surface area contributed by atoms with Crippen LogP contribution in [-0.4, -0.2) is 25.3 Å². The van der Waals surface area contributed by atoms with Gasteiger partial charge in [0.2, 0.25) is 0 Å². The highest BCUT2D eigenvalue weighted by molar-refractivity contribution is 14.1. The number of carbonyl (C=O) groups is 1. The van der Waals surface area contributed by atoms with E-state index in [1.54, 1.807) is 18.9 Å². The fourth-order valence-electron chi connectivity index (χ4n) is 2.41. The molecule has 2 aromatic rings. The Bertz CT molecular complexity index is 713. The summed E-state index contributed by atoms with van der Waals surface area (Å²) in [6, 6.07) is 11.9. The molecule has 1 heterocycles. The van der Waals surface area contributed by atoms with Crippen molar-refractivity contribution in [1.82, 2.24) is 0 Å². The van der Waals surface area contributed by atoms with Crippen molar-refractivity contribution in [3.63, 3.8) is 0 Å². The molecule has 1 aliphatic heterocycles. The topological polar surface area (TPSA) is 29.5 Å². The number of anilines is 1. The fraction of sp³-hybridized carbons (Fsp3) is 0.188. The van der Waals surface area contributed by atoms with Crippen molar-refractivity contribution >= 4 is 68.5 Å². The molecule has 3 nitrogen and oxygen atoms in total. The minimum atomic E-state index is 0.0474. The van der Waals surface area contributed by atoms with Crippen molar-refractivity contribution < 1.29 is 9.53 Å². The van der Waals surface area contributed by atoms with Crippen LogP contribution in [0.2, 0.25) is 0 Å². The van der Waals surface area contributed by atoms with E-state index < -0.39 is 0 Å². The second-order valence-electron chi connectivity index (χ2n) is 4.75. The number of carbonyl (C=O) groups excluding carboxylic acids is 1. The first-order valence-corrected chi connectivity index (χ1v) is 9.83. The molecule has 1 aliphatic rings. The smallest absolute Gasteiger partial charge is 0.258 e. The predicted octanol–water partition coefficient (Wildman–Crippen LogP) is 4.66. The highest BCUT2D eigenvalue weighted by atomic mass is 127. The Kier molecular flexibility index (Phi) is 5.18. The fourth-order valence-corrected chi connectivity index (χ4v) is 5.62. The van der Waals surface area contributed by atoms with Crippen LogP contribution in [0.4, 0.5) is 5.69 Å². The molecule has 0 radical (unpaired) electrons. The van der Waals surface area contributed by atoms with Crippen molar-refractivity contribution in [1.29, 1.82) is 0 Å². The largest absolute Gasteiger partial charge is 0.495 e. The lowest BCUT2D eigenvalue weighted by Crippen LogP contribution is -2.35. The Morgan fingerprint density at radius 2 is 1.91 bits per heavy atom. The van der Waals surface area contributed by atoms with E-state index in [9.17, 15) is 4.79 Å². The van der Waals surface area contributed by atoms with Crippen LogP contribution in [0.25, 0.3) is 0 Å². The van der Waals surface area contributed by atoms with Crippen LogP contribution >= 0.6 is 56.9 Å². The third kappa shape index (κ3) is 3.09. The number of fused-ring (bicyclic) bond motifs is 1. The van der Waals surface area contributed by atoms with E-state index in [-0.39, 0.29) is 5.91 Å². The van der Waals surface area contributed by atoms with E-state index in [1.165, 1.54) is 4.90 Å². The first kappa shape index (κ1) is 16.4. The first-order chi connectivity index (χ1) is 10.6. The molecule has 0 atom stereocenters. The van der Waals surface area contributed by atoms with Gasteiger partial charge >= 0.3 is 0 Å². The summed E-state index contributed by atoms with van der Waals surface area (Å²) in [6.07, 6.45) is 0. The van der Waals surface area contributed by atoms with Gasteiger partial charge in [-0.1, -0.05) is 12.1 Å². The number of para-hydroxylation sites is 1. The van der Waals surface area contributed by atoms with Crippen LogP contribution in [0.5, 0.6) is 5.75 Å². The summed E-state index contributed by atoms with van der Waals surface area (Å²) in [6.45, 7) is 0.736. The van der Waals surface area contributed by atoms with E-state index >= 15 is 0 Å². The molecular formula is C16H13I2NO2S. The van der Waals surface area contributed by atoms with Gasteiger partial charge in [0.05, 0.1) is 19.9 Å². The molecule has 0 N–H and O–H groups in total. The van der Waals surface area contributed by atoms with Crippen LogP contribution in [0, 0.1) is 7.14 Å². The number of rotatable bonds is 2. The average Bonchev–Trinajstić information content (AvgIpc) is 2.53. The van der Waals surface area contributed by atoms with Crippen molar-refractivity contribution in [2.75, 3.05) is 24.3 Å². The molecule has 1 amide bonds. The molecule has 0 unspecified atom stereocenters. The number of ether oxygens (including phenoxy) is 1. The standard InChI is InChI=1S/C16H13I2NO2S/c1-21-15-11(17)8-10(9-12(15)18)16(20)19-6-7-22-14-5-3-2-4-13(14)19/h2-5,8-9H,6-7H2,1H3. The maximum atomic E-state index is 12.9. The maximum Gasteiger partial charge on any atom is 0.258 e. The van der Waals surface area contributed by atoms with Crippen LogP contribution in [-0.2, 0) is 0 Å². The number of halogens is 2. The molecule has 2 aromatic carbocycles. The summed E-state index contributed by atoms with van der Waals surface area (Å²) in [4.78, 5) is 16.0. The number of nitrogens with zero attached hydrogens (tertiary/aromatic N) is 1. The van der Waals surface area contributed by atoms with Gasteiger partial charge in [-0.25, -0.2) is 0 Å². The van der Waals surface area contributed by atoms with E-state index in [4.69, 9.17) is 4.74 Å². The third-order valence-corrected chi connectivity index (χ3v) is 6.07. The first-order valence-electron chi connectivity index (χ1n) is 6.68. The number of hydrogen-bond acceptors (Lipinski definition) is 3. The van der Waals surface area contributed by atoms with Crippen LogP contribution < -0.4 is 9.64 Å². The number of amides is 1. The van der Waals surface area contributed by atoms with Gasteiger partial charge in [-0.15, -0.1) is 11.8 Å². The zero-order chi connectivity index (χ0) is 15.7. The molecule has 6 heteroatoms. The molecule has 114 valence electrons. The van der Waals surface area contributed by atoms with Crippen molar-refractivity contribution in [3.05, 3.63) is 49.1 Å². The Morgan fingerprint density at radius 3 is 2.59 bits per heavy atom. The van der Waals surface area contributed by atoms with Gasteiger partial charge in [-0.2, -0.15) is 0 Å². The Hall–Kier alpha value is -0.480. The Morgan fingerprint density at radius 1 is 1.23 bits per heavy atom. The highest BCUT2D eigenvalue weighted by Crippen LogP contribution is 2.36. The summed E-state index contributed by atoms with van der Waals surface area (Å²) in [7, 11) is 1.65. The summed E-state index contributed by atoms with van der Waals surface area (Å²) >= 11 is 6.22. The number of thioether (sulfide) groups is 1. The zero-order valence-electron chi connectivity index (χ0n) is 11.8. The second-order valence-corrected chi connectivity index (χ2v) is 8.21. The van der Waals surface area contributed by atoms with Crippen LogP contribution in [0.1, 0.15) is 10.4 Å². The Balaban J connectivity index is 1.99. The van der Waals surface area contributed by atoms with E-state index in [0.29, 0.717) is 5.56 Å². The van der Waals surface area contributed by atoms with Crippen molar-refractivity contribution in [2.24, 2.45) is 0 Å². The molecule has 0 saturated heterocycles. The van der Waals surface area contributed by atoms with Crippen LogP contribution in [0.3, 0.4) is 0 Å². The van der Waals surface area contributed by atoms with Gasteiger partial charge in [0.25, 0.3) is 5.91 Å². The van der Waals surface area contributed by atoms with Gasteiger partial charge in [-0.3, -0.25) is 4.79 Å². The summed E-state index contributed by atoms with van der Waals surface area (Å²) < 4.78 is 7.28.